The Morgan fingerprint density at radius 2 is 0.740 bits per heavy atom. The largest absolute Gasteiger partial charge is 0.580 e. The van der Waals surface area contributed by atoms with Crippen LogP contribution in [0, 0.1) is 0 Å². The van der Waals surface area contributed by atoms with E-state index in [4.69, 9.17) is 9.98 Å². The summed E-state index contributed by atoms with van der Waals surface area (Å²) in [5.74, 6) is 2.48. The molecule has 50 heavy (non-hydrogen) atoms. The fourth-order valence-electron chi connectivity index (χ4n) is 8.04. The summed E-state index contributed by atoms with van der Waals surface area (Å²) in [5, 5.41) is 2.34. The van der Waals surface area contributed by atoms with Crippen molar-refractivity contribution in [3.8, 4) is 0 Å². The maximum absolute atomic E-state index is 5.47. The molecule has 234 valence electrons. The minimum Gasteiger partial charge on any atom is -0.414 e. The van der Waals surface area contributed by atoms with E-state index < -0.39 is 14.6 Å². The Morgan fingerprint density at radius 3 is 1.12 bits per heavy atom. The van der Waals surface area contributed by atoms with E-state index in [9.17, 15) is 0 Å². The number of hydrogen-bond acceptors (Lipinski definition) is 2. The Morgan fingerprint density at radius 1 is 0.380 bits per heavy atom. The fraction of sp³-hybridized carbons (Fsp3) is 0.0222. The predicted octanol–water partition coefficient (Wildman–Crippen LogP) is 7.77. The third-order valence-electron chi connectivity index (χ3n) is 10.2. The van der Waals surface area contributed by atoms with Crippen molar-refractivity contribution in [1.29, 1.82) is 0 Å². The van der Waals surface area contributed by atoms with E-state index >= 15 is 0 Å². The average Bonchev–Trinajstić information content (AvgIpc) is 3.99. The van der Waals surface area contributed by atoms with Crippen LogP contribution in [0.15, 0.2) is 191 Å². The summed E-state index contributed by atoms with van der Waals surface area (Å²) in [6, 6.07) is 52.3. The number of hydrogen-bond donors (Lipinski definition) is 0. The zero-order valence-corrected chi connectivity index (χ0v) is 28.7. The summed E-state index contributed by atoms with van der Waals surface area (Å²) in [4.78, 5) is 10.9. The Labute approximate surface area is 295 Å². The number of allylic oxidation sites excluding steroid dienone is 4. The molecule has 0 spiro atoms. The molecular weight excluding hydrogens is 624 g/mol. The van der Waals surface area contributed by atoms with E-state index in [1.54, 1.807) is 0 Å². The van der Waals surface area contributed by atoms with Gasteiger partial charge in [0.2, 0.25) is 0 Å². The zero-order chi connectivity index (χ0) is 33.2. The molecule has 2 aromatic heterocycles. The number of fused-ring (bicyclic) bond motifs is 2. The molecule has 0 N–H and O–H groups in total. The summed E-state index contributed by atoms with van der Waals surface area (Å²) in [6.45, 7) is 0. The van der Waals surface area contributed by atoms with Crippen molar-refractivity contribution in [1.82, 2.24) is 7.10 Å². The van der Waals surface area contributed by atoms with Gasteiger partial charge in [-0.2, -0.15) is 0 Å². The number of aliphatic imine (C=N–C) groups is 2. The van der Waals surface area contributed by atoms with Gasteiger partial charge in [-0.25, -0.2) is 9.98 Å². The molecule has 0 amide bonds. The topological polar surface area (TPSA) is 34.6 Å². The van der Waals surface area contributed by atoms with Gasteiger partial charge in [0.15, 0.2) is 0 Å². The van der Waals surface area contributed by atoms with Crippen molar-refractivity contribution >= 4 is 48.3 Å². The first-order valence-corrected chi connectivity index (χ1v) is 19.4. The van der Waals surface area contributed by atoms with Crippen LogP contribution in [0.25, 0.3) is 22.3 Å². The lowest BCUT2D eigenvalue weighted by atomic mass is 10.0. The fourth-order valence-corrected chi connectivity index (χ4v) is 10.7. The van der Waals surface area contributed by atoms with Gasteiger partial charge in [0.1, 0.15) is 0 Å². The van der Waals surface area contributed by atoms with Crippen LogP contribution in [0.2, 0.25) is 5.79 Å². The van der Waals surface area contributed by atoms with Gasteiger partial charge in [-0.1, -0.05) is 127 Å². The predicted molar refractivity (Wildman–Crippen MR) is 207 cm³/mol. The molecule has 0 saturated carbocycles. The third-order valence-corrected chi connectivity index (χ3v) is 12.8. The van der Waals surface area contributed by atoms with Crippen molar-refractivity contribution < 1.29 is 0 Å². The summed E-state index contributed by atoms with van der Waals surface area (Å²) in [7, 11) is 0. The van der Waals surface area contributed by atoms with E-state index in [1.807, 2.05) is 0 Å². The average molecular weight is 655 g/mol. The normalized spacial score (nSPS) is 15.9. The van der Waals surface area contributed by atoms with Gasteiger partial charge >= 0.3 is 14.6 Å². The van der Waals surface area contributed by atoms with Crippen molar-refractivity contribution in [3.63, 3.8) is 0 Å². The molecule has 0 fully saturated rings. The third kappa shape index (κ3) is 4.45. The second kappa shape index (κ2) is 11.6. The van der Waals surface area contributed by atoms with Crippen LogP contribution in [0.3, 0.4) is 0 Å². The van der Waals surface area contributed by atoms with Crippen LogP contribution >= 0.6 is 0 Å². The Kier molecular flexibility index (Phi) is 6.70. The molecule has 4 nitrogen and oxygen atoms in total. The monoisotopic (exact) mass is 654 g/mol. The summed E-state index contributed by atoms with van der Waals surface area (Å²) < 4.78 is 5.31. The maximum Gasteiger partial charge on any atom is 0.580 e. The number of aromatic nitrogens is 2. The molecule has 4 aromatic carbocycles. The maximum atomic E-state index is 5.47. The Bertz CT molecular complexity index is 2490. The van der Waals surface area contributed by atoms with Gasteiger partial charge in [-0.3, -0.25) is 0 Å². The lowest BCUT2D eigenvalue weighted by molar-refractivity contribution is 0.986. The minimum absolute atomic E-state index is 0.977. The van der Waals surface area contributed by atoms with Gasteiger partial charge in [-0.05, 0) is 70.8 Å². The van der Waals surface area contributed by atoms with Crippen molar-refractivity contribution in [2.75, 3.05) is 0 Å². The minimum atomic E-state index is -2.15. The highest BCUT2D eigenvalue weighted by molar-refractivity contribution is 6.55. The van der Waals surface area contributed by atoms with E-state index in [2.05, 4.69) is 183 Å². The molecule has 0 aliphatic carbocycles. The van der Waals surface area contributed by atoms with Gasteiger partial charge in [-0.15, -0.1) is 0 Å². The molecule has 4 aliphatic heterocycles. The van der Waals surface area contributed by atoms with E-state index in [0.717, 1.165) is 67.4 Å². The molecule has 6 aromatic rings. The molecule has 0 atom stereocenters. The molecule has 0 unspecified atom stereocenters. The van der Waals surface area contributed by atoms with Crippen molar-refractivity contribution in [2.45, 2.75) is 5.79 Å². The first-order valence-electron chi connectivity index (χ1n) is 17.2. The van der Waals surface area contributed by atoms with Crippen LogP contribution in [-0.2, 0) is 0 Å². The van der Waals surface area contributed by atoms with Gasteiger partial charge in [0.05, 0.1) is 22.8 Å². The van der Waals surface area contributed by atoms with Crippen LogP contribution in [0.4, 0.5) is 0 Å². The van der Waals surface area contributed by atoms with Crippen molar-refractivity contribution in [3.05, 3.63) is 226 Å². The van der Waals surface area contributed by atoms with E-state index in [-0.39, 0.29) is 0 Å². The van der Waals surface area contributed by atoms with Crippen LogP contribution in [0.1, 0.15) is 33.6 Å². The molecule has 6 heterocycles. The van der Waals surface area contributed by atoms with Crippen LogP contribution in [-0.4, -0.2) is 33.1 Å². The highest BCUT2D eigenvalue weighted by Gasteiger charge is 2.34. The number of rotatable bonds is 4. The first-order chi connectivity index (χ1) is 24.7. The number of benzene rings is 4. The Balaban J connectivity index is 1.45. The van der Waals surface area contributed by atoms with E-state index in [0.29, 0.717) is 0 Å². The van der Waals surface area contributed by atoms with Crippen LogP contribution in [0.5, 0.6) is 0 Å². The van der Waals surface area contributed by atoms with Gasteiger partial charge in [0, 0.05) is 44.4 Å². The number of nitrogens with zero attached hydrogens (tertiary/aromatic N) is 4. The molecule has 4 aliphatic rings. The molecular formula is C45H31AlN4. The second-order valence-corrected chi connectivity index (χ2v) is 15.3. The smallest absolute Gasteiger partial charge is 0.414 e. The summed E-state index contributed by atoms with van der Waals surface area (Å²) >= 11 is -2.15. The van der Waals surface area contributed by atoms with E-state index in [1.165, 1.54) is 22.1 Å². The first kappa shape index (κ1) is 29.0. The lowest BCUT2D eigenvalue weighted by Crippen LogP contribution is -2.47. The van der Waals surface area contributed by atoms with Crippen molar-refractivity contribution in [2.24, 2.45) is 9.98 Å². The second-order valence-electron chi connectivity index (χ2n) is 13.0. The highest BCUT2D eigenvalue weighted by Crippen LogP contribution is 2.39. The molecule has 5 heteroatoms. The molecule has 0 radical (unpaired) electrons. The van der Waals surface area contributed by atoms with Crippen LogP contribution < -0.4 is 10.7 Å². The standard InChI is InChI=1S/C44H28N4.CH3.Al/c1-5-13-29(14-6-1)41-33-21-23-35(45-33)42(30-15-7-2-8-16-30)37-25-27-39(47-37)44(32-19-11-4-12-20-32)40-28-26-38(48-40)43(31-17-9-3-10-18-31)36-24-22-34(41)46-36;;/h1-28H;1H3;/q-2;;+2. The SMILES string of the molecule is [CH3][Al]1[n]2c3ccc2C(c2ccccc2)=C2C=CC(=N2)C(c2ccccc2)=c2ccc([n]21)=C(c1ccccc1)C1=NC(=C3c2ccccc2)C=C1. The van der Waals surface area contributed by atoms with Gasteiger partial charge < -0.3 is 7.10 Å². The summed E-state index contributed by atoms with van der Waals surface area (Å²) in [5.41, 5.74) is 15.4. The molecule has 6 bridgehead atoms. The van der Waals surface area contributed by atoms with Gasteiger partial charge in [0.25, 0.3) is 0 Å². The zero-order valence-electron chi connectivity index (χ0n) is 27.5. The Hall–Kier alpha value is -5.99. The lowest BCUT2D eigenvalue weighted by Gasteiger charge is -2.25. The summed E-state index contributed by atoms with van der Waals surface area (Å²) in [6.07, 6.45) is 8.82. The quantitative estimate of drug-likeness (QED) is 0.174. The highest BCUT2D eigenvalue weighted by atomic mass is 27.2. The molecule has 10 rings (SSSR count). The molecule has 0 saturated heterocycles.